The summed E-state index contributed by atoms with van der Waals surface area (Å²) in [5.41, 5.74) is 12.0. The van der Waals surface area contributed by atoms with Gasteiger partial charge in [-0.15, -0.1) is 0 Å². The normalized spacial score (nSPS) is 12.0. The van der Waals surface area contributed by atoms with Gasteiger partial charge in [-0.3, -0.25) is 9.59 Å². The molecule has 0 saturated heterocycles. The van der Waals surface area contributed by atoms with Gasteiger partial charge in [0.15, 0.2) is 5.78 Å². The number of ketones is 1. The number of benzene rings is 2. The predicted molar refractivity (Wildman–Crippen MR) is 82.5 cm³/mol. The first-order valence-electron chi connectivity index (χ1n) is 6.04. The lowest BCUT2D eigenvalue weighted by atomic mass is 9.98. The van der Waals surface area contributed by atoms with Crippen molar-refractivity contribution in [2.45, 2.75) is 6.04 Å². The van der Waals surface area contributed by atoms with E-state index in [1.54, 1.807) is 30.3 Å². The van der Waals surface area contributed by atoms with E-state index in [2.05, 4.69) is 0 Å². The summed E-state index contributed by atoms with van der Waals surface area (Å²) in [6.45, 7) is 0. The van der Waals surface area contributed by atoms with Gasteiger partial charge in [-0.1, -0.05) is 41.4 Å². The maximum absolute atomic E-state index is 12.4. The Morgan fingerprint density at radius 1 is 1.05 bits per heavy atom. The van der Waals surface area contributed by atoms with E-state index in [4.69, 9.17) is 34.7 Å². The Morgan fingerprint density at radius 2 is 1.76 bits per heavy atom. The third kappa shape index (κ3) is 3.42. The van der Waals surface area contributed by atoms with Crippen LogP contribution in [-0.2, 0) is 4.79 Å². The van der Waals surface area contributed by atoms with Gasteiger partial charge in [0, 0.05) is 16.1 Å². The molecule has 108 valence electrons. The first-order chi connectivity index (χ1) is 9.90. The Bertz CT molecular complexity index is 717. The smallest absolute Gasteiger partial charge is 0.238 e. The van der Waals surface area contributed by atoms with Crippen molar-refractivity contribution in [1.82, 2.24) is 0 Å². The van der Waals surface area contributed by atoms with Crippen molar-refractivity contribution in [2.75, 3.05) is 0 Å². The fourth-order valence-electron chi connectivity index (χ4n) is 1.87. The number of hydrogen-bond acceptors (Lipinski definition) is 3. The largest absolute Gasteiger partial charge is 0.368 e. The second-order valence-electron chi connectivity index (χ2n) is 4.46. The SMILES string of the molecule is NC(=O)C(N)c1cccc(C(=O)c2ccc(Cl)cc2Cl)c1. The third-order valence-corrected chi connectivity index (χ3v) is 3.54. The molecule has 0 aromatic heterocycles. The van der Waals surface area contributed by atoms with E-state index < -0.39 is 11.9 Å². The first kappa shape index (κ1) is 15.5. The summed E-state index contributed by atoms with van der Waals surface area (Å²) in [6.07, 6.45) is 0. The minimum Gasteiger partial charge on any atom is -0.368 e. The number of carbonyl (C=O) groups is 2. The molecule has 0 aliphatic heterocycles. The van der Waals surface area contributed by atoms with Crippen LogP contribution in [0.3, 0.4) is 0 Å². The van der Waals surface area contributed by atoms with Crippen molar-refractivity contribution in [2.24, 2.45) is 11.5 Å². The summed E-state index contributed by atoms with van der Waals surface area (Å²) in [5.74, 6) is -0.945. The van der Waals surface area contributed by atoms with Gasteiger partial charge in [-0.2, -0.15) is 0 Å². The van der Waals surface area contributed by atoms with Crippen LogP contribution in [-0.4, -0.2) is 11.7 Å². The highest BCUT2D eigenvalue weighted by atomic mass is 35.5. The van der Waals surface area contributed by atoms with Crippen LogP contribution in [0, 0.1) is 0 Å². The van der Waals surface area contributed by atoms with Crippen molar-refractivity contribution < 1.29 is 9.59 Å². The van der Waals surface area contributed by atoms with E-state index in [1.165, 1.54) is 12.1 Å². The minimum atomic E-state index is -0.960. The molecule has 0 heterocycles. The average Bonchev–Trinajstić information content (AvgIpc) is 2.46. The Balaban J connectivity index is 2.40. The highest BCUT2D eigenvalue weighted by Gasteiger charge is 2.17. The summed E-state index contributed by atoms with van der Waals surface area (Å²) in [7, 11) is 0. The van der Waals surface area contributed by atoms with Gasteiger partial charge in [0.1, 0.15) is 6.04 Å². The number of amides is 1. The van der Waals surface area contributed by atoms with Crippen LogP contribution in [0.2, 0.25) is 10.0 Å². The van der Waals surface area contributed by atoms with Gasteiger partial charge >= 0.3 is 0 Å². The average molecular weight is 323 g/mol. The first-order valence-corrected chi connectivity index (χ1v) is 6.80. The van der Waals surface area contributed by atoms with Crippen molar-refractivity contribution in [3.8, 4) is 0 Å². The molecule has 21 heavy (non-hydrogen) atoms. The molecule has 1 amide bonds. The highest BCUT2D eigenvalue weighted by molar-refractivity contribution is 6.37. The van der Waals surface area contributed by atoms with Crippen LogP contribution in [0.15, 0.2) is 42.5 Å². The maximum atomic E-state index is 12.4. The molecule has 0 radical (unpaired) electrons. The molecular formula is C15H12Cl2N2O2. The zero-order valence-corrected chi connectivity index (χ0v) is 12.4. The Labute approximate surface area is 131 Å². The summed E-state index contributed by atoms with van der Waals surface area (Å²) >= 11 is 11.8. The number of carbonyl (C=O) groups excluding carboxylic acids is 2. The van der Waals surface area contributed by atoms with Gasteiger partial charge in [0.05, 0.1) is 5.02 Å². The molecule has 2 aromatic carbocycles. The van der Waals surface area contributed by atoms with Gasteiger partial charge < -0.3 is 11.5 Å². The van der Waals surface area contributed by atoms with Crippen molar-refractivity contribution in [3.63, 3.8) is 0 Å². The second kappa shape index (κ2) is 6.26. The molecule has 2 rings (SSSR count). The quantitative estimate of drug-likeness (QED) is 0.848. The van der Waals surface area contributed by atoms with Crippen molar-refractivity contribution in [1.29, 1.82) is 0 Å². The van der Waals surface area contributed by atoms with Crippen LogP contribution in [0.5, 0.6) is 0 Å². The molecular weight excluding hydrogens is 311 g/mol. The summed E-state index contributed by atoms with van der Waals surface area (Å²) in [6, 6.07) is 10.1. The number of nitrogens with two attached hydrogens (primary N) is 2. The van der Waals surface area contributed by atoms with Crippen LogP contribution in [0.1, 0.15) is 27.5 Å². The van der Waals surface area contributed by atoms with Crippen LogP contribution in [0.4, 0.5) is 0 Å². The molecule has 4 N–H and O–H groups in total. The zero-order chi connectivity index (χ0) is 15.6. The fourth-order valence-corrected chi connectivity index (χ4v) is 2.36. The van der Waals surface area contributed by atoms with Crippen LogP contribution < -0.4 is 11.5 Å². The van der Waals surface area contributed by atoms with E-state index >= 15 is 0 Å². The van der Waals surface area contributed by atoms with Gasteiger partial charge in [-0.25, -0.2) is 0 Å². The molecule has 0 spiro atoms. The maximum Gasteiger partial charge on any atom is 0.238 e. The number of primary amides is 1. The topological polar surface area (TPSA) is 86.2 Å². The minimum absolute atomic E-state index is 0.261. The van der Waals surface area contributed by atoms with E-state index in [1.807, 2.05) is 0 Å². The Kier molecular flexibility index (Phi) is 4.63. The molecule has 0 fully saturated rings. The standard InChI is InChI=1S/C15H12Cl2N2O2/c16-10-4-5-11(12(17)7-10)14(20)9-3-1-2-8(6-9)13(18)15(19)21/h1-7,13H,18H2,(H2,19,21). The van der Waals surface area contributed by atoms with Gasteiger partial charge in [0.2, 0.25) is 5.91 Å². The molecule has 6 heteroatoms. The second-order valence-corrected chi connectivity index (χ2v) is 5.30. The molecule has 0 aliphatic carbocycles. The lowest BCUT2D eigenvalue weighted by Crippen LogP contribution is -2.28. The monoisotopic (exact) mass is 322 g/mol. The van der Waals surface area contributed by atoms with Crippen LogP contribution in [0.25, 0.3) is 0 Å². The molecule has 0 bridgehead atoms. The Hall–Kier alpha value is -1.88. The van der Waals surface area contributed by atoms with E-state index in [0.717, 1.165) is 0 Å². The number of halogens is 2. The fraction of sp³-hybridized carbons (Fsp3) is 0.0667. The zero-order valence-electron chi connectivity index (χ0n) is 10.8. The predicted octanol–water partition coefficient (Wildman–Crippen LogP) is 2.71. The van der Waals surface area contributed by atoms with Crippen molar-refractivity contribution in [3.05, 3.63) is 69.2 Å². The summed E-state index contributed by atoms with van der Waals surface area (Å²) in [4.78, 5) is 23.6. The third-order valence-electron chi connectivity index (χ3n) is 2.99. The van der Waals surface area contributed by atoms with Gasteiger partial charge in [-0.05, 0) is 29.8 Å². The molecule has 2 aromatic rings. The lowest BCUT2D eigenvalue weighted by molar-refractivity contribution is -0.119. The lowest BCUT2D eigenvalue weighted by Gasteiger charge is -2.10. The highest BCUT2D eigenvalue weighted by Crippen LogP contribution is 2.24. The molecule has 1 unspecified atom stereocenters. The molecule has 1 atom stereocenters. The number of hydrogen-bond donors (Lipinski definition) is 2. The summed E-state index contributed by atoms with van der Waals surface area (Å²) in [5, 5.41) is 0.707. The summed E-state index contributed by atoms with van der Waals surface area (Å²) < 4.78 is 0. The van der Waals surface area contributed by atoms with E-state index in [-0.39, 0.29) is 10.8 Å². The molecule has 4 nitrogen and oxygen atoms in total. The molecule has 0 saturated carbocycles. The van der Waals surface area contributed by atoms with Gasteiger partial charge in [0.25, 0.3) is 0 Å². The van der Waals surface area contributed by atoms with E-state index in [9.17, 15) is 9.59 Å². The van der Waals surface area contributed by atoms with E-state index in [0.29, 0.717) is 21.7 Å². The molecule has 0 aliphatic rings. The Morgan fingerprint density at radius 3 is 2.38 bits per heavy atom. The van der Waals surface area contributed by atoms with Crippen molar-refractivity contribution >= 4 is 34.9 Å². The van der Waals surface area contributed by atoms with Crippen LogP contribution >= 0.6 is 23.2 Å². The number of rotatable bonds is 4.